The molecule has 13 nitrogen and oxygen atoms in total. The average molecular weight is 630 g/mol. The first-order valence-corrected chi connectivity index (χ1v) is 14.3. The number of H-pyrrole nitrogens is 1. The molecule has 1 saturated heterocycles. The first kappa shape index (κ1) is 33.4. The largest absolute Gasteiger partial charge is 0.494 e. The van der Waals surface area contributed by atoms with Crippen LogP contribution in [0.15, 0.2) is 77.8 Å². The van der Waals surface area contributed by atoms with Crippen molar-refractivity contribution < 1.29 is 39.2 Å². The van der Waals surface area contributed by atoms with Crippen LogP contribution in [-0.4, -0.2) is 114 Å². The van der Waals surface area contributed by atoms with Crippen LogP contribution in [0, 0.1) is 0 Å². The van der Waals surface area contributed by atoms with Crippen LogP contribution in [0.2, 0.25) is 0 Å². The summed E-state index contributed by atoms with van der Waals surface area (Å²) in [7, 11) is 5.22. The molecule has 46 heavy (non-hydrogen) atoms. The fraction of sp³-hybridized carbons (Fsp3) is 0.242. The molecule has 4 N–H and O–H groups in total. The number of hydrogen-bond donors (Lipinski definition) is 4. The number of hydrogen-bond acceptors (Lipinski definition) is 9. The Kier molecular flexibility index (Phi) is 10.9. The minimum absolute atomic E-state index is 0.0424. The third-order valence-corrected chi connectivity index (χ3v) is 7.47. The van der Waals surface area contributed by atoms with Gasteiger partial charge in [0.2, 0.25) is 5.91 Å². The second-order valence-electron chi connectivity index (χ2n) is 10.6. The van der Waals surface area contributed by atoms with Crippen LogP contribution in [0.1, 0.15) is 21.5 Å². The summed E-state index contributed by atoms with van der Waals surface area (Å²) in [6, 6.07) is 22.2. The predicted octanol–water partition coefficient (Wildman–Crippen LogP) is 3.20. The van der Waals surface area contributed by atoms with Crippen molar-refractivity contribution in [3.05, 3.63) is 89.5 Å². The molecule has 3 aromatic carbocycles. The monoisotopic (exact) mass is 629 g/mol. The number of carbonyl (C=O) groups excluding carboxylic acids is 2. The summed E-state index contributed by atoms with van der Waals surface area (Å²) in [6.07, 6.45) is 0. The number of likely N-dealkylation sites (N-methyl/N-ethyl adjacent to an activating group) is 2. The molecule has 0 radical (unpaired) electrons. The van der Waals surface area contributed by atoms with Crippen molar-refractivity contribution >= 4 is 51.8 Å². The highest BCUT2D eigenvalue weighted by atomic mass is 16.5. The fourth-order valence-corrected chi connectivity index (χ4v) is 4.86. The summed E-state index contributed by atoms with van der Waals surface area (Å²) in [5.41, 5.74) is 4.34. The Morgan fingerprint density at radius 1 is 0.891 bits per heavy atom. The zero-order chi connectivity index (χ0) is 33.4. The summed E-state index contributed by atoms with van der Waals surface area (Å²) >= 11 is 0. The molecule has 1 amide bonds. The molecule has 5 rings (SSSR count). The molecule has 4 aromatic rings. The Hall–Kier alpha value is -5.53. The highest BCUT2D eigenvalue weighted by molar-refractivity contribution is 6.27. The molecule has 0 atom stereocenters. The van der Waals surface area contributed by atoms with E-state index in [1.54, 1.807) is 30.1 Å². The van der Waals surface area contributed by atoms with Gasteiger partial charge in [0.15, 0.2) is 5.88 Å². The SMILES string of the molecule is COC(=O)c1ccc2c(C(=Nc3ccc(N(C)C(=O)CN4CCN(C)CC4)cc3)c3ccccc3)c(O)[nH]c2c1.O=C(O)C(=O)O. The van der Waals surface area contributed by atoms with Gasteiger partial charge >= 0.3 is 17.9 Å². The molecule has 0 saturated carbocycles. The second-order valence-corrected chi connectivity index (χ2v) is 10.6. The molecule has 1 aliphatic heterocycles. The van der Waals surface area contributed by atoms with Crippen LogP contribution in [-0.2, 0) is 19.1 Å². The number of fused-ring (bicyclic) bond motifs is 1. The van der Waals surface area contributed by atoms with E-state index < -0.39 is 17.9 Å². The van der Waals surface area contributed by atoms with E-state index in [-0.39, 0.29) is 11.8 Å². The summed E-state index contributed by atoms with van der Waals surface area (Å²) in [6.45, 7) is 4.09. The molecule has 0 aliphatic carbocycles. The van der Waals surface area contributed by atoms with Crippen molar-refractivity contribution in [1.82, 2.24) is 14.8 Å². The lowest BCUT2D eigenvalue weighted by molar-refractivity contribution is -0.159. The van der Waals surface area contributed by atoms with Crippen LogP contribution >= 0.6 is 0 Å². The standard InChI is InChI=1S/C31H33N5O4.C2H2O4/c1-34-15-17-36(18-16-34)20-27(37)35(2)24-12-10-23(11-13-24)32-29(21-7-5-4-6-8-21)28-25-14-9-22(31(39)40-3)19-26(25)33-30(28)38;3-1(4)2(5)6/h4-14,19,33,38H,15-18,20H2,1-3H3;(H,3,4)(H,5,6). The number of aliphatic imine (C=N–C) groups is 1. The number of carboxylic acid groups (broad SMARTS) is 2. The highest BCUT2D eigenvalue weighted by Crippen LogP contribution is 2.32. The van der Waals surface area contributed by atoms with Gasteiger partial charge in [-0.3, -0.25) is 9.69 Å². The maximum atomic E-state index is 12.9. The highest BCUT2D eigenvalue weighted by Gasteiger charge is 2.21. The topological polar surface area (TPSA) is 176 Å². The Balaban J connectivity index is 0.000000731. The van der Waals surface area contributed by atoms with Crippen LogP contribution in [0.3, 0.4) is 0 Å². The van der Waals surface area contributed by atoms with Crippen molar-refractivity contribution in [1.29, 1.82) is 0 Å². The molecule has 1 fully saturated rings. The number of piperazine rings is 1. The van der Waals surface area contributed by atoms with E-state index in [2.05, 4.69) is 21.8 Å². The first-order chi connectivity index (χ1) is 22.0. The van der Waals surface area contributed by atoms with E-state index >= 15 is 0 Å². The van der Waals surface area contributed by atoms with E-state index in [0.717, 1.165) is 42.8 Å². The van der Waals surface area contributed by atoms with Gasteiger partial charge in [-0.15, -0.1) is 0 Å². The fourth-order valence-electron chi connectivity index (χ4n) is 4.86. The van der Waals surface area contributed by atoms with Gasteiger partial charge in [-0.25, -0.2) is 19.4 Å². The number of esters is 1. The van der Waals surface area contributed by atoms with E-state index in [1.807, 2.05) is 54.6 Å². The molecular weight excluding hydrogens is 594 g/mol. The molecule has 1 aliphatic rings. The number of ether oxygens (including phenoxy) is 1. The third kappa shape index (κ3) is 8.14. The Bertz CT molecular complexity index is 1730. The predicted molar refractivity (Wildman–Crippen MR) is 172 cm³/mol. The average Bonchev–Trinajstić information content (AvgIpc) is 3.39. The van der Waals surface area contributed by atoms with Gasteiger partial charge in [-0.2, -0.15) is 0 Å². The van der Waals surface area contributed by atoms with Gasteiger partial charge in [0.1, 0.15) is 0 Å². The van der Waals surface area contributed by atoms with E-state index in [1.165, 1.54) is 7.11 Å². The Morgan fingerprint density at radius 2 is 1.52 bits per heavy atom. The minimum atomic E-state index is -1.82. The number of carbonyl (C=O) groups is 4. The van der Waals surface area contributed by atoms with Crippen LogP contribution in [0.4, 0.5) is 11.4 Å². The molecular formula is C33H35N5O8. The van der Waals surface area contributed by atoms with Crippen molar-refractivity contribution in [2.24, 2.45) is 4.99 Å². The number of aromatic amines is 1. The maximum Gasteiger partial charge on any atom is 0.414 e. The van der Waals surface area contributed by atoms with Crippen LogP contribution < -0.4 is 4.90 Å². The number of nitrogens with zero attached hydrogens (tertiary/aromatic N) is 4. The summed E-state index contributed by atoms with van der Waals surface area (Å²) < 4.78 is 4.83. The molecule has 0 bridgehead atoms. The smallest absolute Gasteiger partial charge is 0.414 e. The zero-order valence-corrected chi connectivity index (χ0v) is 25.6. The molecule has 0 unspecified atom stereocenters. The number of anilines is 1. The lowest BCUT2D eigenvalue weighted by atomic mass is 10.00. The second kappa shape index (κ2) is 15.0. The lowest BCUT2D eigenvalue weighted by Crippen LogP contribution is -2.48. The zero-order valence-electron chi connectivity index (χ0n) is 25.6. The molecule has 240 valence electrons. The number of nitrogens with one attached hydrogen (secondary N) is 1. The maximum absolute atomic E-state index is 12.9. The van der Waals surface area contributed by atoms with Gasteiger partial charge in [-0.1, -0.05) is 36.4 Å². The number of amides is 1. The summed E-state index contributed by atoms with van der Waals surface area (Å²) in [4.78, 5) is 57.2. The minimum Gasteiger partial charge on any atom is -0.494 e. The number of aromatic hydroxyl groups is 1. The number of aromatic nitrogens is 1. The van der Waals surface area contributed by atoms with Crippen molar-refractivity contribution in [3.63, 3.8) is 0 Å². The van der Waals surface area contributed by atoms with Gasteiger partial charge in [0, 0.05) is 55.4 Å². The summed E-state index contributed by atoms with van der Waals surface area (Å²) in [5.74, 6) is -4.11. The van der Waals surface area contributed by atoms with Crippen molar-refractivity contribution in [2.45, 2.75) is 0 Å². The molecule has 13 heteroatoms. The quantitative estimate of drug-likeness (QED) is 0.135. The number of methoxy groups -OCH3 is 1. The van der Waals surface area contributed by atoms with Gasteiger partial charge in [0.25, 0.3) is 0 Å². The Labute approximate surface area is 264 Å². The van der Waals surface area contributed by atoms with E-state index in [0.29, 0.717) is 34.6 Å². The molecule has 0 spiro atoms. The van der Waals surface area contributed by atoms with Crippen molar-refractivity contribution in [3.8, 4) is 5.88 Å². The van der Waals surface area contributed by atoms with Gasteiger partial charge in [-0.05, 0) is 43.4 Å². The molecule has 1 aromatic heterocycles. The van der Waals surface area contributed by atoms with Gasteiger partial charge < -0.3 is 34.8 Å². The van der Waals surface area contributed by atoms with E-state index in [4.69, 9.17) is 29.5 Å². The van der Waals surface area contributed by atoms with Crippen LogP contribution in [0.25, 0.3) is 10.9 Å². The number of rotatable bonds is 7. The molecule has 2 heterocycles. The summed E-state index contributed by atoms with van der Waals surface area (Å²) in [5, 5.41) is 26.5. The third-order valence-electron chi connectivity index (χ3n) is 7.47. The lowest BCUT2D eigenvalue weighted by Gasteiger charge is -2.32. The number of aliphatic carboxylic acids is 2. The van der Waals surface area contributed by atoms with E-state index in [9.17, 15) is 14.7 Å². The Morgan fingerprint density at radius 3 is 2.11 bits per heavy atom. The normalized spacial score (nSPS) is 13.8. The first-order valence-electron chi connectivity index (χ1n) is 14.3. The van der Waals surface area contributed by atoms with Gasteiger partial charge in [0.05, 0.1) is 36.2 Å². The van der Waals surface area contributed by atoms with Crippen LogP contribution in [0.5, 0.6) is 5.88 Å². The number of benzene rings is 3. The van der Waals surface area contributed by atoms with Crippen molar-refractivity contribution in [2.75, 3.05) is 58.8 Å². The number of carboxylic acids is 2.